The summed E-state index contributed by atoms with van der Waals surface area (Å²) in [6, 6.07) is 0. The molecule has 0 atom stereocenters. The molecule has 1 aliphatic rings. The smallest absolute Gasteiger partial charge is 0.155 e. The van der Waals surface area contributed by atoms with Crippen molar-refractivity contribution in [3.63, 3.8) is 0 Å². The fraction of sp³-hybridized carbons (Fsp3) is 0.769. The van der Waals surface area contributed by atoms with E-state index in [1.54, 1.807) is 7.11 Å². The highest BCUT2D eigenvalue weighted by atomic mass is 16.5. The van der Waals surface area contributed by atoms with E-state index in [2.05, 4.69) is 13.8 Å². The van der Waals surface area contributed by atoms with Crippen LogP contribution in [0.3, 0.4) is 0 Å². The average Bonchev–Trinajstić information content (AvgIpc) is 2.40. The first-order chi connectivity index (χ1) is 7.03. The van der Waals surface area contributed by atoms with Crippen molar-refractivity contribution >= 4 is 5.78 Å². The minimum Gasteiger partial charge on any atom is -0.379 e. The number of ketones is 1. The van der Waals surface area contributed by atoms with Crippen LogP contribution < -0.4 is 0 Å². The Balaban J connectivity index is 2.46. The minimum atomic E-state index is -0.0732. The van der Waals surface area contributed by atoms with Crippen molar-refractivity contribution in [1.82, 2.24) is 0 Å². The number of carbonyl (C=O) groups excluding carboxylic acids is 1. The van der Waals surface area contributed by atoms with Crippen LogP contribution >= 0.6 is 0 Å². The van der Waals surface area contributed by atoms with Crippen LogP contribution in [-0.2, 0) is 9.53 Å². The van der Waals surface area contributed by atoms with Crippen LogP contribution in [-0.4, -0.2) is 18.5 Å². The molecule has 0 saturated heterocycles. The molecule has 0 saturated carbocycles. The van der Waals surface area contributed by atoms with Gasteiger partial charge in [-0.05, 0) is 52.0 Å². The summed E-state index contributed by atoms with van der Waals surface area (Å²) in [6.07, 6.45) is 7.87. The lowest BCUT2D eigenvalue weighted by atomic mass is 9.96. The second-order valence-corrected chi connectivity index (χ2v) is 4.94. The van der Waals surface area contributed by atoms with E-state index in [1.165, 1.54) is 5.57 Å². The van der Waals surface area contributed by atoms with E-state index in [0.717, 1.165) is 38.5 Å². The predicted octanol–water partition coefficient (Wildman–Crippen LogP) is 3.26. The van der Waals surface area contributed by atoms with Gasteiger partial charge in [-0.3, -0.25) is 4.79 Å². The summed E-state index contributed by atoms with van der Waals surface area (Å²) < 4.78 is 5.37. The van der Waals surface area contributed by atoms with E-state index in [-0.39, 0.29) is 5.60 Å². The van der Waals surface area contributed by atoms with Gasteiger partial charge < -0.3 is 4.74 Å². The molecule has 15 heavy (non-hydrogen) atoms. The molecular weight excluding hydrogens is 188 g/mol. The minimum absolute atomic E-state index is 0.0732. The van der Waals surface area contributed by atoms with E-state index >= 15 is 0 Å². The molecule has 86 valence electrons. The molecule has 0 N–H and O–H groups in total. The van der Waals surface area contributed by atoms with Gasteiger partial charge in [-0.15, -0.1) is 0 Å². The van der Waals surface area contributed by atoms with Gasteiger partial charge in [-0.2, -0.15) is 0 Å². The molecule has 0 bridgehead atoms. The lowest BCUT2D eigenvalue weighted by Crippen LogP contribution is -2.22. The molecule has 0 fully saturated rings. The predicted molar refractivity (Wildman–Crippen MR) is 61.9 cm³/mol. The second kappa shape index (κ2) is 5.45. The van der Waals surface area contributed by atoms with Crippen LogP contribution in [0.2, 0.25) is 0 Å². The Morgan fingerprint density at radius 3 is 2.67 bits per heavy atom. The first-order valence-corrected chi connectivity index (χ1v) is 5.81. The quantitative estimate of drug-likeness (QED) is 0.712. The number of hydrogen-bond acceptors (Lipinski definition) is 2. The zero-order valence-electron chi connectivity index (χ0n) is 10.1. The highest BCUT2D eigenvalue weighted by molar-refractivity contribution is 5.90. The molecule has 0 unspecified atom stereocenters. The lowest BCUT2D eigenvalue weighted by Gasteiger charge is -2.23. The first kappa shape index (κ1) is 12.4. The summed E-state index contributed by atoms with van der Waals surface area (Å²) >= 11 is 0. The summed E-state index contributed by atoms with van der Waals surface area (Å²) in [7, 11) is 1.74. The summed E-state index contributed by atoms with van der Waals surface area (Å²) in [6.45, 7) is 4.18. The molecule has 0 radical (unpaired) electrons. The van der Waals surface area contributed by atoms with Gasteiger partial charge in [0.05, 0.1) is 5.60 Å². The topological polar surface area (TPSA) is 26.3 Å². The molecule has 2 nitrogen and oxygen atoms in total. The number of ether oxygens (including phenoxy) is 1. The molecule has 1 aliphatic carbocycles. The lowest BCUT2D eigenvalue weighted by molar-refractivity contribution is -0.114. The van der Waals surface area contributed by atoms with E-state index < -0.39 is 0 Å². The van der Waals surface area contributed by atoms with Crippen LogP contribution in [0, 0.1) is 0 Å². The molecule has 2 heteroatoms. The molecule has 0 aromatic rings. The van der Waals surface area contributed by atoms with Crippen molar-refractivity contribution in [2.75, 3.05) is 7.11 Å². The third-order valence-electron chi connectivity index (χ3n) is 3.14. The molecule has 0 heterocycles. The van der Waals surface area contributed by atoms with Crippen LogP contribution in [0.5, 0.6) is 0 Å². The highest BCUT2D eigenvalue weighted by Gasteiger charge is 2.17. The number of allylic oxidation sites excluding steroid dienone is 2. The molecule has 0 aromatic carbocycles. The maximum absolute atomic E-state index is 11.4. The summed E-state index contributed by atoms with van der Waals surface area (Å²) in [4.78, 5) is 11.4. The van der Waals surface area contributed by atoms with Crippen LogP contribution in [0.15, 0.2) is 11.6 Å². The monoisotopic (exact) mass is 210 g/mol. The molecule has 0 aliphatic heterocycles. The van der Waals surface area contributed by atoms with Gasteiger partial charge in [0.1, 0.15) is 0 Å². The average molecular weight is 210 g/mol. The van der Waals surface area contributed by atoms with E-state index in [1.807, 2.05) is 6.08 Å². The fourth-order valence-electron chi connectivity index (χ4n) is 1.78. The fourth-order valence-corrected chi connectivity index (χ4v) is 1.78. The van der Waals surface area contributed by atoms with Crippen molar-refractivity contribution in [2.45, 2.75) is 58.0 Å². The molecule has 0 aromatic heterocycles. The zero-order valence-corrected chi connectivity index (χ0v) is 10.1. The SMILES string of the molecule is COC(C)(C)CCC1=CC(=O)CCCC1. The van der Waals surface area contributed by atoms with Crippen molar-refractivity contribution < 1.29 is 9.53 Å². The van der Waals surface area contributed by atoms with Gasteiger partial charge in [0.15, 0.2) is 5.78 Å². The normalized spacial score (nSPS) is 18.6. The van der Waals surface area contributed by atoms with Gasteiger partial charge in [0.2, 0.25) is 0 Å². The Bertz CT molecular complexity index is 251. The third-order valence-corrected chi connectivity index (χ3v) is 3.14. The Kier molecular flexibility index (Phi) is 4.52. The number of hydrogen-bond donors (Lipinski definition) is 0. The molecular formula is C13H22O2. The zero-order chi connectivity index (χ0) is 11.3. The Labute approximate surface area is 92.7 Å². The maximum Gasteiger partial charge on any atom is 0.155 e. The van der Waals surface area contributed by atoms with Crippen molar-refractivity contribution in [3.05, 3.63) is 11.6 Å². The molecule has 1 rings (SSSR count). The van der Waals surface area contributed by atoms with Crippen LogP contribution in [0.4, 0.5) is 0 Å². The largest absolute Gasteiger partial charge is 0.379 e. The van der Waals surface area contributed by atoms with Crippen LogP contribution in [0.1, 0.15) is 52.4 Å². The summed E-state index contributed by atoms with van der Waals surface area (Å²) in [5.74, 6) is 0.303. The van der Waals surface area contributed by atoms with Gasteiger partial charge in [0.25, 0.3) is 0 Å². The first-order valence-electron chi connectivity index (χ1n) is 5.81. The standard InChI is InChI=1S/C13H22O2/c1-13(2,15-3)9-8-11-6-4-5-7-12(14)10-11/h10H,4-9H2,1-3H3. The Morgan fingerprint density at radius 1 is 1.33 bits per heavy atom. The summed E-state index contributed by atoms with van der Waals surface area (Å²) in [5.41, 5.74) is 1.23. The van der Waals surface area contributed by atoms with Crippen molar-refractivity contribution in [1.29, 1.82) is 0 Å². The van der Waals surface area contributed by atoms with Crippen molar-refractivity contribution in [3.8, 4) is 0 Å². The number of methoxy groups -OCH3 is 1. The Hall–Kier alpha value is -0.630. The molecule has 0 spiro atoms. The molecule has 0 amide bonds. The van der Waals surface area contributed by atoms with Crippen LogP contribution in [0.25, 0.3) is 0 Å². The van der Waals surface area contributed by atoms with Gasteiger partial charge in [-0.25, -0.2) is 0 Å². The highest BCUT2D eigenvalue weighted by Crippen LogP contribution is 2.24. The number of carbonyl (C=O) groups is 1. The maximum atomic E-state index is 11.4. The summed E-state index contributed by atoms with van der Waals surface area (Å²) in [5, 5.41) is 0. The third kappa shape index (κ3) is 4.61. The second-order valence-electron chi connectivity index (χ2n) is 4.94. The van der Waals surface area contributed by atoms with E-state index in [9.17, 15) is 4.79 Å². The van der Waals surface area contributed by atoms with Gasteiger partial charge in [-0.1, -0.05) is 5.57 Å². The van der Waals surface area contributed by atoms with E-state index in [0.29, 0.717) is 5.78 Å². The van der Waals surface area contributed by atoms with Crippen molar-refractivity contribution in [2.24, 2.45) is 0 Å². The van der Waals surface area contributed by atoms with Gasteiger partial charge in [0, 0.05) is 13.5 Å². The van der Waals surface area contributed by atoms with E-state index in [4.69, 9.17) is 4.74 Å². The van der Waals surface area contributed by atoms with Gasteiger partial charge >= 0.3 is 0 Å². The number of rotatable bonds is 4. The Morgan fingerprint density at radius 2 is 2.00 bits per heavy atom.